The molecule has 197 valence electrons. The largest absolute Gasteiger partial charge is 0.658 e. The van der Waals surface area contributed by atoms with Gasteiger partial charge in [0.25, 0.3) is 0 Å². The summed E-state index contributed by atoms with van der Waals surface area (Å²) in [5, 5.41) is 21.3. The van der Waals surface area contributed by atoms with Gasteiger partial charge in [-0.3, -0.25) is 0 Å². The minimum Gasteiger partial charge on any atom is -0.523 e. The molecule has 0 saturated heterocycles. The Hall–Kier alpha value is -5.70. The van der Waals surface area contributed by atoms with E-state index in [4.69, 9.17) is 20.8 Å². The third kappa shape index (κ3) is 5.55. The fourth-order valence-corrected chi connectivity index (χ4v) is 4.43. The highest BCUT2D eigenvalue weighted by molar-refractivity contribution is 6.22. The number of azo groups is 2. The van der Waals surface area contributed by atoms with E-state index in [1.165, 1.54) is 7.69 Å². The van der Waals surface area contributed by atoms with Gasteiger partial charge in [0.2, 0.25) is 0 Å². The number of rotatable bonds is 8. The van der Waals surface area contributed by atoms with Crippen LogP contribution >= 0.6 is 0 Å². The van der Waals surface area contributed by atoms with Crippen molar-refractivity contribution in [2.75, 3.05) is 11.5 Å². The summed E-state index contributed by atoms with van der Waals surface area (Å²) >= 11 is 0. The van der Waals surface area contributed by atoms with Gasteiger partial charge in [0.05, 0.1) is 22.7 Å². The second-order valence-corrected chi connectivity index (χ2v) is 9.13. The standard InChI is InChI=1S/C32H24BN6O2/c34-27-19-21-11-7-9-17-25(21)29(38-36-23-13-3-1-4-14-23)31(27)40-33-41-32-28(35)20-22-12-8-10-18-26(22)30(32)39-37-24-15-5-2-6-16-24/h1-20H,34-35H2. The molecule has 0 aromatic heterocycles. The van der Waals surface area contributed by atoms with E-state index >= 15 is 0 Å². The van der Waals surface area contributed by atoms with Crippen molar-refractivity contribution >= 4 is 63.4 Å². The molecule has 41 heavy (non-hydrogen) atoms. The van der Waals surface area contributed by atoms with Gasteiger partial charge in [-0.25, -0.2) is 0 Å². The number of benzene rings is 6. The third-order valence-electron chi connectivity index (χ3n) is 6.38. The van der Waals surface area contributed by atoms with E-state index in [0.29, 0.717) is 45.6 Å². The predicted molar refractivity (Wildman–Crippen MR) is 165 cm³/mol. The number of nitrogens with two attached hydrogens (primary N) is 2. The molecule has 0 aliphatic rings. The van der Waals surface area contributed by atoms with E-state index in [0.717, 1.165) is 21.5 Å². The first-order chi connectivity index (χ1) is 20.2. The Kier molecular flexibility index (Phi) is 7.23. The van der Waals surface area contributed by atoms with Crippen LogP contribution in [0, 0.1) is 0 Å². The van der Waals surface area contributed by atoms with Gasteiger partial charge in [0, 0.05) is 10.8 Å². The Balaban J connectivity index is 1.35. The molecule has 1 radical (unpaired) electrons. The van der Waals surface area contributed by atoms with E-state index in [2.05, 4.69) is 20.5 Å². The number of nitrogens with zero attached hydrogens (tertiary/aromatic N) is 4. The molecule has 0 bridgehead atoms. The number of anilines is 2. The van der Waals surface area contributed by atoms with Crippen molar-refractivity contribution in [2.24, 2.45) is 20.5 Å². The molecule has 0 saturated carbocycles. The van der Waals surface area contributed by atoms with E-state index in [1.54, 1.807) is 0 Å². The lowest BCUT2D eigenvalue weighted by molar-refractivity contribution is 0.463. The van der Waals surface area contributed by atoms with Gasteiger partial charge >= 0.3 is 7.69 Å². The minimum absolute atomic E-state index is 0.301. The number of nitrogen functional groups attached to an aromatic ring is 2. The zero-order valence-electron chi connectivity index (χ0n) is 21.9. The Bertz CT molecular complexity index is 1760. The van der Waals surface area contributed by atoms with Crippen LogP contribution in [-0.2, 0) is 0 Å². The molecule has 0 amide bonds. The van der Waals surface area contributed by atoms with Crippen molar-refractivity contribution in [3.8, 4) is 11.5 Å². The maximum Gasteiger partial charge on any atom is 0.658 e. The minimum atomic E-state index is 0.301. The molecule has 6 aromatic rings. The second kappa shape index (κ2) is 11.6. The zero-order chi connectivity index (χ0) is 28.0. The number of hydrogen-bond donors (Lipinski definition) is 2. The number of fused-ring (bicyclic) bond motifs is 2. The molecule has 0 unspecified atom stereocenters. The van der Waals surface area contributed by atoms with Crippen LogP contribution in [0.4, 0.5) is 34.1 Å². The molecule has 9 heteroatoms. The SMILES string of the molecule is Nc1cc2ccccc2c(N=Nc2ccccc2)c1O[B]Oc1c(N)cc2ccccc2c1N=Nc1ccccc1. The summed E-state index contributed by atoms with van der Waals surface area (Å²) < 4.78 is 12.0. The molecule has 0 fully saturated rings. The highest BCUT2D eigenvalue weighted by Crippen LogP contribution is 2.44. The molecular formula is C32H24BN6O2. The van der Waals surface area contributed by atoms with Gasteiger partial charge in [-0.1, -0.05) is 84.9 Å². The highest BCUT2D eigenvalue weighted by Gasteiger charge is 2.19. The van der Waals surface area contributed by atoms with Gasteiger partial charge in [0.1, 0.15) is 11.4 Å². The maximum absolute atomic E-state index is 6.42. The third-order valence-corrected chi connectivity index (χ3v) is 6.38. The first-order valence-corrected chi connectivity index (χ1v) is 12.9. The second-order valence-electron chi connectivity index (χ2n) is 9.13. The molecule has 0 aliphatic carbocycles. The zero-order valence-corrected chi connectivity index (χ0v) is 21.9. The van der Waals surface area contributed by atoms with Crippen LogP contribution in [0.5, 0.6) is 11.5 Å². The van der Waals surface area contributed by atoms with Crippen LogP contribution < -0.4 is 20.8 Å². The first kappa shape index (κ1) is 25.6. The topological polar surface area (TPSA) is 120 Å². The molecule has 0 spiro atoms. The van der Waals surface area contributed by atoms with E-state index in [-0.39, 0.29) is 0 Å². The normalized spacial score (nSPS) is 11.4. The van der Waals surface area contributed by atoms with Gasteiger partial charge < -0.3 is 20.8 Å². The van der Waals surface area contributed by atoms with E-state index in [1.807, 2.05) is 121 Å². The summed E-state index contributed by atoms with van der Waals surface area (Å²) in [6.07, 6.45) is 0. The average molecular weight is 535 g/mol. The lowest BCUT2D eigenvalue weighted by Crippen LogP contribution is -2.13. The quantitative estimate of drug-likeness (QED) is 0.115. The summed E-state index contributed by atoms with van der Waals surface area (Å²) in [7, 11) is 1.17. The van der Waals surface area contributed by atoms with Crippen molar-refractivity contribution in [2.45, 2.75) is 0 Å². The molecule has 8 nitrogen and oxygen atoms in total. The number of hydrogen-bond acceptors (Lipinski definition) is 8. The molecule has 0 aliphatic heterocycles. The molecule has 0 atom stereocenters. The predicted octanol–water partition coefficient (Wildman–Crippen LogP) is 8.98. The van der Waals surface area contributed by atoms with Crippen LogP contribution in [0.2, 0.25) is 0 Å². The average Bonchev–Trinajstić information content (AvgIpc) is 3.01. The highest BCUT2D eigenvalue weighted by atomic mass is 16.6. The summed E-state index contributed by atoms with van der Waals surface area (Å²) in [6, 6.07) is 38.0. The molecular weight excluding hydrogens is 511 g/mol. The fourth-order valence-electron chi connectivity index (χ4n) is 4.43. The van der Waals surface area contributed by atoms with Crippen LogP contribution in [-0.4, -0.2) is 7.69 Å². The maximum atomic E-state index is 6.42. The monoisotopic (exact) mass is 535 g/mol. The van der Waals surface area contributed by atoms with Crippen molar-refractivity contribution in [3.05, 3.63) is 121 Å². The first-order valence-electron chi connectivity index (χ1n) is 12.9. The summed E-state index contributed by atoms with van der Waals surface area (Å²) in [4.78, 5) is 0. The Morgan fingerprint density at radius 1 is 0.463 bits per heavy atom. The van der Waals surface area contributed by atoms with Gasteiger partial charge in [0.15, 0.2) is 11.5 Å². The Morgan fingerprint density at radius 2 is 0.854 bits per heavy atom. The van der Waals surface area contributed by atoms with Gasteiger partial charge in [-0.05, 0) is 47.2 Å². The molecule has 6 rings (SSSR count). The van der Waals surface area contributed by atoms with Crippen LogP contribution in [0.3, 0.4) is 0 Å². The lowest BCUT2D eigenvalue weighted by Gasteiger charge is -2.16. The van der Waals surface area contributed by atoms with Crippen LogP contribution in [0.15, 0.2) is 142 Å². The smallest absolute Gasteiger partial charge is 0.523 e. The van der Waals surface area contributed by atoms with Gasteiger partial charge in [-0.15, -0.1) is 10.2 Å². The molecule has 6 aromatic carbocycles. The molecule has 4 N–H and O–H groups in total. The van der Waals surface area contributed by atoms with E-state index < -0.39 is 0 Å². The van der Waals surface area contributed by atoms with Crippen LogP contribution in [0.25, 0.3) is 21.5 Å². The molecule has 0 heterocycles. The van der Waals surface area contributed by atoms with E-state index in [9.17, 15) is 0 Å². The Labute approximate surface area is 237 Å². The van der Waals surface area contributed by atoms with Gasteiger partial charge in [-0.2, -0.15) is 10.2 Å². The fraction of sp³-hybridized carbons (Fsp3) is 0. The summed E-state index contributed by atoms with van der Waals surface area (Å²) in [6.45, 7) is 0. The van der Waals surface area contributed by atoms with Crippen molar-refractivity contribution in [3.63, 3.8) is 0 Å². The summed E-state index contributed by atoms with van der Waals surface area (Å²) in [5.41, 5.74) is 15.9. The summed E-state index contributed by atoms with van der Waals surface area (Å²) in [5.74, 6) is 0.602. The van der Waals surface area contributed by atoms with Crippen molar-refractivity contribution in [1.82, 2.24) is 0 Å². The lowest BCUT2D eigenvalue weighted by atomic mass is 10.1. The van der Waals surface area contributed by atoms with Crippen LogP contribution in [0.1, 0.15) is 0 Å². The van der Waals surface area contributed by atoms with Crippen molar-refractivity contribution in [1.29, 1.82) is 0 Å². The van der Waals surface area contributed by atoms with Crippen molar-refractivity contribution < 1.29 is 9.31 Å². The Morgan fingerprint density at radius 3 is 1.29 bits per heavy atom.